The molecule has 0 aromatic heterocycles. The Balaban J connectivity index is 1.68. The summed E-state index contributed by atoms with van der Waals surface area (Å²) in [6, 6.07) is 5.88. The van der Waals surface area contributed by atoms with Gasteiger partial charge in [0.2, 0.25) is 5.91 Å². The second-order valence-corrected chi connectivity index (χ2v) is 6.33. The molecule has 128 valence electrons. The lowest BCUT2D eigenvalue weighted by atomic mass is 9.86. The maximum Gasteiger partial charge on any atom is 0.220 e. The first-order chi connectivity index (χ1) is 11.2. The second kappa shape index (κ2) is 9.43. The van der Waals surface area contributed by atoms with Crippen molar-refractivity contribution in [3.8, 4) is 11.5 Å². The Kier molecular flexibility index (Phi) is 7.24. The third kappa shape index (κ3) is 5.77. The molecule has 0 heterocycles. The van der Waals surface area contributed by atoms with Gasteiger partial charge in [-0.15, -0.1) is 0 Å². The number of methoxy groups -OCH3 is 2. The van der Waals surface area contributed by atoms with Gasteiger partial charge in [-0.1, -0.05) is 38.2 Å². The number of carbonyl (C=O) groups is 1. The molecule has 0 atom stereocenters. The minimum Gasteiger partial charge on any atom is -0.493 e. The predicted octanol–water partition coefficient (Wildman–Crippen LogP) is 3.72. The summed E-state index contributed by atoms with van der Waals surface area (Å²) in [5.41, 5.74) is 1.13. The van der Waals surface area contributed by atoms with Gasteiger partial charge in [0.05, 0.1) is 14.2 Å². The van der Waals surface area contributed by atoms with E-state index in [2.05, 4.69) is 5.32 Å². The topological polar surface area (TPSA) is 47.6 Å². The van der Waals surface area contributed by atoms with E-state index in [0.29, 0.717) is 13.0 Å². The molecule has 0 spiro atoms. The number of nitrogens with one attached hydrogen (secondary N) is 1. The average Bonchev–Trinajstić information content (AvgIpc) is 2.60. The lowest BCUT2D eigenvalue weighted by molar-refractivity contribution is -0.121. The summed E-state index contributed by atoms with van der Waals surface area (Å²) in [5.74, 6) is 2.40. The molecule has 0 bridgehead atoms. The molecule has 23 heavy (non-hydrogen) atoms. The first-order valence-electron chi connectivity index (χ1n) is 8.70. The van der Waals surface area contributed by atoms with Crippen LogP contribution in [0.1, 0.15) is 50.5 Å². The van der Waals surface area contributed by atoms with Crippen molar-refractivity contribution >= 4 is 5.91 Å². The van der Waals surface area contributed by atoms with Crippen molar-refractivity contribution in [2.45, 2.75) is 51.4 Å². The van der Waals surface area contributed by atoms with Crippen LogP contribution in [0.25, 0.3) is 0 Å². The van der Waals surface area contributed by atoms with Gasteiger partial charge in [0.25, 0.3) is 0 Å². The molecule has 1 saturated carbocycles. The summed E-state index contributed by atoms with van der Waals surface area (Å²) in [6.45, 7) is 0.666. The number of hydrogen-bond donors (Lipinski definition) is 1. The van der Waals surface area contributed by atoms with Gasteiger partial charge in [-0.05, 0) is 36.5 Å². The standard InChI is InChI=1S/C19H29NO3/c1-22-17-10-8-16(14-18(17)23-2)12-13-20-19(21)11-9-15-6-4-3-5-7-15/h8,10,14-15H,3-7,9,11-13H2,1-2H3,(H,20,21). The van der Waals surface area contributed by atoms with E-state index in [1.165, 1.54) is 32.1 Å². The van der Waals surface area contributed by atoms with Crippen molar-refractivity contribution < 1.29 is 14.3 Å². The van der Waals surface area contributed by atoms with Gasteiger partial charge in [0, 0.05) is 13.0 Å². The Morgan fingerprint density at radius 1 is 1.13 bits per heavy atom. The summed E-state index contributed by atoms with van der Waals surface area (Å²) in [7, 11) is 3.26. The van der Waals surface area contributed by atoms with Gasteiger partial charge in [0.1, 0.15) is 0 Å². The van der Waals surface area contributed by atoms with Crippen LogP contribution in [-0.2, 0) is 11.2 Å². The lowest BCUT2D eigenvalue weighted by Gasteiger charge is -2.21. The van der Waals surface area contributed by atoms with E-state index in [4.69, 9.17) is 9.47 Å². The maximum absolute atomic E-state index is 11.9. The van der Waals surface area contributed by atoms with Gasteiger partial charge >= 0.3 is 0 Å². The lowest BCUT2D eigenvalue weighted by Crippen LogP contribution is -2.26. The fourth-order valence-electron chi connectivity index (χ4n) is 3.28. The van der Waals surface area contributed by atoms with Gasteiger partial charge in [-0.25, -0.2) is 0 Å². The van der Waals surface area contributed by atoms with Crippen LogP contribution in [0.15, 0.2) is 18.2 Å². The zero-order chi connectivity index (χ0) is 16.5. The highest BCUT2D eigenvalue weighted by Gasteiger charge is 2.14. The Morgan fingerprint density at radius 2 is 1.87 bits per heavy atom. The number of hydrogen-bond acceptors (Lipinski definition) is 3. The van der Waals surface area contributed by atoms with E-state index < -0.39 is 0 Å². The van der Waals surface area contributed by atoms with Gasteiger partial charge in [-0.2, -0.15) is 0 Å². The first-order valence-corrected chi connectivity index (χ1v) is 8.70. The molecule has 1 fully saturated rings. The van der Waals surface area contributed by atoms with E-state index in [9.17, 15) is 4.79 Å². The van der Waals surface area contributed by atoms with Crippen LogP contribution in [0.2, 0.25) is 0 Å². The highest BCUT2D eigenvalue weighted by Crippen LogP contribution is 2.28. The Bertz CT molecular complexity index is 495. The zero-order valence-corrected chi connectivity index (χ0v) is 14.4. The summed E-state index contributed by atoms with van der Waals surface area (Å²) >= 11 is 0. The third-order valence-corrected chi connectivity index (χ3v) is 4.69. The summed E-state index contributed by atoms with van der Waals surface area (Å²) in [6.07, 6.45) is 9.16. The molecule has 1 aromatic carbocycles. The van der Waals surface area contributed by atoms with Gasteiger partial charge in [-0.3, -0.25) is 4.79 Å². The van der Waals surface area contributed by atoms with E-state index in [-0.39, 0.29) is 5.91 Å². The van der Waals surface area contributed by atoms with E-state index in [1.807, 2.05) is 18.2 Å². The molecule has 1 N–H and O–H groups in total. The number of amides is 1. The average molecular weight is 319 g/mol. The summed E-state index contributed by atoms with van der Waals surface area (Å²) in [4.78, 5) is 11.9. The number of benzene rings is 1. The molecule has 0 aliphatic heterocycles. The minimum absolute atomic E-state index is 0.177. The van der Waals surface area contributed by atoms with E-state index in [1.54, 1.807) is 14.2 Å². The Labute approximate surface area is 139 Å². The van der Waals surface area contributed by atoms with Crippen molar-refractivity contribution in [2.75, 3.05) is 20.8 Å². The predicted molar refractivity (Wildman–Crippen MR) is 92.1 cm³/mol. The SMILES string of the molecule is COc1ccc(CCNC(=O)CCC2CCCCC2)cc1OC. The van der Waals surface area contributed by atoms with Crippen LogP contribution >= 0.6 is 0 Å². The highest BCUT2D eigenvalue weighted by atomic mass is 16.5. The smallest absolute Gasteiger partial charge is 0.220 e. The van der Waals surface area contributed by atoms with Gasteiger partial charge < -0.3 is 14.8 Å². The van der Waals surface area contributed by atoms with Gasteiger partial charge in [0.15, 0.2) is 11.5 Å². The van der Waals surface area contributed by atoms with E-state index >= 15 is 0 Å². The number of rotatable bonds is 8. The van der Waals surface area contributed by atoms with E-state index in [0.717, 1.165) is 35.8 Å². The van der Waals surface area contributed by atoms with Crippen LogP contribution < -0.4 is 14.8 Å². The molecule has 1 amide bonds. The zero-order valence-electron chi connectivity index (χ0n) is 14.4. The number of ether oxygens (including phenoxy) is 2. The summed E-state index contributed by atoms with van der Waals surface area (Å²) in [5, 5.41) is 3.03. The maximum atomic E-state index is 11.9. The minimum atomic E-state index is 0.177. The highest BCUT2D eigenvalue weighted by molar-refractivity contribution is 5.75. The Hall–Kier alpha value is -1.71. The van der Waals surface area contributed by atoms with Crippen LogP contribution in [-0.4, -0.2) is 26.7 Å². The van der Waals surface area contributed by atoms with Crippen molar-refractivity contribution in [2.24, 2.45) is 5.92 Å². The van der Waals surface area contributed by atoms with Crippen LogP contribution in [0.4, 0.5) is 0 Å². The third-order valence-electron chi connectivity index (χ3n) is 4.69. The van der Waals surface area contributed by atoms with Crippen molar-refractivity contribution in [3.63, 3.8) is 0 Å². The first kappa shape index (κ1) is 17.6. The number of carbonyl (C=O) groups excluding carboxylic acids is 1. The fourth-order valence-corrected chi connectivity index (χ4v) is 3.28. The molecule has 1 aliphatic carbocycles. The molecular formula is C19H29NO3. The van der Waals surface area contributed by atoms with Crippen LogP contribution in [0, 0.1) is 5.92 Å². The molecule has 4 heteroatoms. The molecular weight excluding hydrogens is 290 g/mol. The second-order valence-electron chi connectivity index (χ2n) is 6.33. The fraction of sp³-hybridized carbons (Fsp3) is 0.632. The Morgan fingerprint density at radius 3 is 2.57 bits per heavy atom. The van der Waals surface area contributed by atoms with Crippen LogP contribution in [0.5, 0.6) is 11.5 Å². The molecule has 1 aliphatic rings. The molecule has 0 saturated heterocycles. The largest absolute Gasteiger partial charge is 0.493 e. The van der Waals surface area contributed by atoms with Crippen molar-refractivity contribution in [1.29, 1.82) is 0 Å². The monoisotopic (exact) mass is 319 g/mol. The van der Waals surface area contributed by atoms with Crippen molar-refractivity contribution in [1.82, 2.24) is 5.32 Å². The molecule has 0 unspecified atom stereocenters. The molecule has 1 aromatic rings. The normalized spacial score (nSPS) is 15.2. The van der Waals surface area contributed by atoms with Crippen LogP contribution in [0.3, 0.4) is 0 Å². The molecule has 4 nitrogen and oxygen atoms in total. The summed E-state index contributed by atoms with van der Waals surface area (Å²) < 4.78 is 10.5. The quantitative estimate of drug-likeness (QED) is 0.794. The molecule has 0 radical (unpaired) electrons. The van der Waals surface area contributed by atoms with Crippen molar-refractivity contribution in [3.05, 3.63) is 23.8 Å². The molecule has 2 rings (SSSR count).